The Balaban J connectivity index is 1.75. The number of nitrogens with one attached hydrogen (secondary N) is 1. The summed E-state index contributed by atoms with van der Waals surface area (Å²) in [5.74, 6) is -0.00677. The second kappa shape index (κ2) is 7.57. The zero-order valence-electron chi connectivity index (χ0n) is 13.1. The number of amides is 1. The maximum Gasteiger partial charge on any atom is 0.237 e. The highest BCUT2D eigenvalue weighted by Gasteiger charge is 2.25. The summed E-state index contributed by atoms with van der Waals surface area (Å²) in [6, 6.07) is 10.5. The average Bonchev–Trinajstić information content (AvgIpc) is 2.49. The molecule has 1 fully saturated rings. The predicted octanol–water partition coefficient (Wildman–Crippen LogP) is 1.55. The summed E-state index contributed by atoms with van der Waals surface area (Å²) >= 11 is 0. The number of carbonyl (C=O) groups excluding carboxylic acids is 1. The Morgan fingerprint density at radius 2 is 2.14 bits per heavy atom. The molecule has 0 aromatic heterocycles. The summed E-state index contributed by atoms with van der Waals surface area (Å²) in [5.41, 5.74) is 7.25. The first-order chi connectivity index (χ1) is 10.1. The number of nitrogens with zero attached hydrogens (tertiary/aromatic N) is 1. The lowest BCUT2D eigenvalue weighted by atomic mass is 9.98. The highest BCUT2D eigenvalue weighted by Crippen LogP contribution is 2.15. The molecule has 21 heavy (non-hydrogen) atoms. The molecule has 4 nitrogen and oxygen atoms in total. The fourth-order valence-electron chi connectivity index (χ4n) is 2.83. The van der Waals surface area contributed by atoms with E-state index in [0.29, 0.717) is 12.5 Å². The molecule has 4 heteroatoms. The van der Waals surface area contributed by atoms with E-state index < -0.39 is 6.04 Å². The number of hydrogen-bond donors (Lipinski definition) is 2. The Hall–Kier alpha value is -1.39. The number of carbonyl (C=O) groups is 1. The predicted molar refractivity (Wildman–Crippen MR) is 86.0 cm³/mol. The van der Waals surface area contributed by atoms with Gasteiger partial charge >= 0.3 is 0 Å². The maximum atomic E-state index is 12.2. The summed E-state index contributed by atoms with van der Waals surface area (Å²) in [6.07, 6.45) is 3.56. The van der Waals surface area contributed by atoms with Gasteiger partial charge in [-0.1, -0.05) is 30.3 Å². The van der Waals surface area contributed by atoms with Crippen LogP contribution in [0.1, 0.15) is 31.7 Å². The molecule has 1 amide bonds. The third-order valence-corrected chi connectivity index (χ3v) is 4.48. The van der Waals surface area contributed by atoms with Crippen molar-refractivity contribution in [3.63, 3.8) is 0 Å². The first-order valence-electron chi connectivity index (χ1n) is 7.86. The van der Waals surface area contributed by atoms with Gasteiger partial charge in [-0.05, 0) is 45.2 Å². The van der Waals surface area contributed by atoms with E-state index in [0.717, 1.165) is 25.8 Å². The van der Waals surface area contributed by atoms with Crippen molar-refractivity contribution in [1.82, 2.24) is 10.2 Å². The normalized spacial score (nSPS) is 24.5. The van der Waals surface area contributed by atoms with Gasteiger partial charge in [-0.2, -0.15) is 0 Å². The standard InChI is InChI=1S/C17H27N3O/c1-13-12-15(10-11-20(13)2)19-17(21)16(18)9-8-14-6-4-3-5-7-14/h3-7,13,15-16H,8-12,18H2,1-2H3,(H,19,21)/t13?,15?,16-/m0/s1. The Morgan fingerprint density at radius 1 is 1.43 bits per heavy atom. The number of piperidine rings is 1. The van der Waals surface area contributed by atoms with Crippen molar-refractivity contribution >= 4 is 5.91 Å². The van der Waals surface area contributed by atoms with Gasteiger partial charge in [0.2, 0.25) is 5.91 Å². The molecule has 0 spiro atoms. The molecule has 1 saturated heterocycles. The molecule has 2 unspecified atom stereocenters. The lowest BCUT2D eigenvalue weighted by molar-refractivity contribution is -0.123. The monoisotopic (exact) mass is 289 g/mol. The zero-order valence-corrected chi connectivity index (χ0v) is 13.1. The first-order valence-corrected chi connectivity index (χ1v) is 7.86. The molecular formula is C17H27N3O. The van der Waals surface area contributed by atoms with Crippen LogP contribution in [0.15, 0.2) is 30.3 Å². The molecule has 116 valence electrons. The van der Waals surface area contributed by atoms with Crippen LogP contribution in [0.3, 0.4) is 0 Å². The smallest absolute Gasteiger partial charge is 0.237 e. The van der Waals surface area contributed by atoms with Gasteiger partial charge in [0.05, 0.1) is 6.04 Å². The van der Waals surface area contributed by atoms with Crippen LogP contribution in [0.25, 0.3) is 0 Å². The highest BCUT2D eigenvalue weighted by atomic mass is 16.2. The summed E-state index contributed by atoms with van der Waals surface area (Å²) in [6.45, 7) is 3.24. The molecule has 0 radical (unpaired) electrons. The van der Waals surface area contributed by atoms with Crippen LogP contribution in [-0.2, 0) is 11.2 Å². The Bertz CT molecular complexity index is 449. The van der Waals surface area contributed by atoms with Crippen LogP contribution < -0.4 is 11.1 Å². The summed E-state index contributed by atoms with van der Waals surface area (Å²) < 4.78 is 0. The van der Waals surface area contributed by atoms with Gasteiger partial charge in [-0.25, -0.2) is 0 Å². The van der Waals surface area contributed by atoms with Crippen molar-refractivity contribution in [3.8, 4) is 0 Å². The van der Waals surface area contributed by atoms with Crippen molar-refractivity contribution in [1.29, 1.82) is 0 Å². The largest absolute Gasteiger partial charge is 0.352 e. The molecule has 1 aliphatic heterocycles. The quantitative estimate of drug-likeness (QED) is 0.864. The van der Waals surface area contributed by atoms with E-state index in [-0.39, 0.29) is 11.9 Å². The number of benzene rings is 1. The number of rotatable bonds is 5. The highest BCUT2D eigenvalue weighted by molar-refractivity contribution is 5.81. The number of likely N-dealkylation sites (tertiary alicyclic amines) is 1. The number of aryl methyl sites for hydroxylation is 1. The zero-order chi connectivity index (χ0) is 15.2. The SMILES string of the molecule is CC1CC(NC(=O)[C@@H](N)CCc2ccccc2)CCN1C. The van der Waals surface area contributed by atoms with Gasteiger partial charge in [0, 0.05) is 18.6 Å². The van der Waals surface area contributed by atoms with Crippen LogP contribution in [-0.4, -0.2) is 42.5 Å². The van der Waals surface area contributed by atoms with Gasteiger partial charge in [0.15, 0.2) is 0 Å². The molecule has 0 saturated carbocycles. The van der Waals surface area contributed by atoms with E-state index in [1.165, 1.54) is 5.56 Å². The van der Waals surface area contributed by atoms with E-state index in [9.17, 15) is 4.79 Å². The average molecular weight is 289 g/mol. The van der Waals surface area contributed by atoms with Gasteiger partial charge in [-0.3, -0.25) is 4.79 Å². The third kappa shape index (κ3) is 4.83. The minimum Gasteiger partial charge on any atom is -0.352 e. The number of hydrogen-bond acceptors (Lipinski definition) is 3. The lowest BCUT2D eigenvalue weighted by Gasteiger charge is -2.35. The minimum atomic E-state index is -0.417. The second-order valence-electron chi connectivity index (χ2n) is 6.19. The van der Waals surface area contributed by atoms with Crippen LogP contribution >= 0.6 is 0 Å². The molecule has 1 aromatic rings. The van der Waals surface area contributed by atoms with E-state index in [1.807, 2.05) is 18.2 Å². The van der Waals surface area contributed by atoms with E-state index in [2.05, 4.69) is 36.3 Å². The van der Waals surface area contributed by atoms with Crippen LogP contribution in [0.5, 0.6) is 0 Å². The van der Waals surface area contributed by atoms with Crippen molar-refractivity contribution in [2.45, 2.75) is 50.7 Å². The summed E-state index contributed by atoms with van der Waals surface area (Å²) in [5, 5.41) is 3.12. The van der Waals surface area contributed by atoms with Crippen molar-refractivity contribution in [3.05, 3.63) is 35.9 Å². The van der Waals surface area contributed by atoms with Crippen LogP contribution in [0, 0.1) is 0 Å². The van der Waals surface area contributed by atoms with Gasteiger partial charge in [-0.15, -0.1) is 0 Å². The van der Waals surface area contributed by atoms with Gasteiger partial charge < -0.3 is 16.0 Å². The van der Waals surface area contributed by atoms with E-state index in [1.54, 1.807) is 0 Å². The van der Waals surface area contributed by atoms with E-state index in [4.69, 9.17) is 5.73 Å². The van der Waals surface area contributed by atoms with Gasteiger partial charge in [0.25, 0.3) is 0 Å². The molecule has 0 bridgehead atoms. The molecule has 1 aromatic carbocycles. The van der Waals surface area contributed by atoms with Gasteiger partial charge in [0.1, 0.15) is 0 Å². The first kappa shape index (κ1) is 16.0. The van der Waals surface area contributed by atoms with Crippen LogP contribution in [0.4, 0.5) is 0 Å². The fourth-order valence-corrected chi connectivity index (χ4v) is 2.83. The Labute approximate surface area is 127 Å². The maximum absolute atomic E-state index is 12.2. The molecule has 3 atom stereocenters. The number of nitrogens with two attached hydrogens (primary N) is 1. The Kier molecular flexibility index (Phi) is 5.76. The minimum absolute atomic E-state index is 0.00677. The molecule has 1 heterocycles. The molecule has 3 N–H and O–H groups in total. The fraction of sp³-hybridized carbons (Fsp3) is 0.588. The topological polar surface area (TPSA) is 58.4 Å². The van der Waals surface area contributed by atoms with E-state index >= 15 is 0 Å². The molecule has 0 aliphatic carbocycles. The second-order valence-corrected chi connectivity index (χ2v) is 6.19. The van der Waals surface area contributed by atoms with Crippen molar-refractivity contribution in [2.24, 2.45) is 5.73 Å². The Morgan fingerprint density at radius 3 is 2.81 bits per heavy atom. The summed E-state index contributed by atoms with van der Waals surface area (Å²) in [4.78, 5) is 14.5. The third-order valence-electron chi connectivity index (χ3n) is 4.48. The molecule has 1 aliphatic rings. The molecular weight excluding hydrogens is 262 g/mol. The van der Waals surface area contributed by atoms with Crippen LogP contribution in [0.2, 0.25) is 0 Å². The lowest BCUT2D eigenvalue weighted by Crippen LogP contribution is -2.51. The van der Waals surface area contributed by atoms with Crippen molar-refractivity contribution in [2.75, 3.05) is 13.6 Å². The molecule has 2 rings (SSSR count). The van der Waals surface area contributed by atoms with Crippen molar-refractivity contribution < 1.29 is 4.79 Å². The summed E-state index contributed by atoms with van der Waals surface area (Å²) in [7, 11) is 2.13.